The van der Waals surface area contributed by atoms with Crippen molar-refractivity contribution in [3.05, 3.63) is 66.6 Å². The number of likely N-dealkylation sites (tertiary alicyclic amines) is 1. The maximum atomic E-state index is 13.1. The van der Waals surface area contributed by atoms with E-state index >= 15 is 0 Å². The molecule has 0 bridgehead atoms. The highest BCUT2D eigenvalue weighted by Gasteiger charge is 2.33. The molecule has 1 aliphatic heterocycles. The molecule has 31 heavy (non-hydrogen) atoms. The minimum atomic E-state index is 0.0592. The molecule has 3 heterocycles. The van der Waals surface area contributed by atoms with Crippen LogP contribution in [0, 0.1) is 5.92 Å². The Morgan fingerprint density at radius 3 is 2.90 bits per heavy atom. The van der Waals surface area contributed by atoms with E-state index in [-0.39, 0.29) is 11.9 Å². The first-order valence-corrected chi connectivity index (χ1v) is 10.5. The van der Waals surface area contributed by atoms with Crippen LogP contribution in [0.4, 0.5) is 0 Å². The largest absolute Gasteiger partial charge is 0.497 e. The third kappa shape index (κ3) is 3.67. The van der Waals surface area contributed by atoms with Gasteiger partial charge in [-0.1, -0.05) is 12.1 Å². The molecule has 2 aromatic carbocycles. The quantitative estimate of drug-likeness (QED) is 0.535. The van der Waals surface area contributed by atoms with Gasteiger partial charge in [0.05, 0.1) is 25.0 Å². The van der Waals surface area contributed by atoms with Crippen LogP contribution in [0.3, 0.4) is 0 Å². The predicted molar refractivity (Wildman–Crippen MR) is 119 cm³/mol. The zero-order valence-electron chi connectivity index (χ0n) is 17.7. The van der Waals surface area contributed by atoms with Crippen LogP contribution in [-0.4, -0.2) is 50.5 Å². The molecule has 1 saturated heterocycles. The molecule has 0 aliphatic carbocycles. The van der Waals surface area contributed by atoms with Crippen LogP contribution < -0.4 is 4.74 Å². The van der Waals surface area contributed by atoms with E-state index < -0.39 is 0 Å². The second-order valence-electron chi connectivity index (χ2n) is 8.23. The topological polar surface area (TPSA) is 76.0 Å². The zero-order chi connectivity index (χ0) is 21.4. The summed E-state index contributed by atoms with van der Waals surface area (Å²) in [7, 11) is 1.62. The van der Waals surface area contributed by atoms with E-state index in [1.807, 2.05) is 41.7 Å². The van der Waals surface area contributed by atoms with Gasteiger partial charge in [0.25, 0.3) is 5.91 Å². The van der Waals surface area contributed by atoms with E-state index in [9.17, 15) is 4.79 Å². The van der Waals surface area contributed by atoms with Crippen LogP contribution in [0.5, 0.6) is 5.75 Å². The molecule has 0 spiro atoms. The SMILES string of the molecule is COc1cccc(C(=O)N2C[C@H](Cn3ncc4cc(-c5cn[nH]c5)ccc43)C[C@@H]2C)c1. The van der Waals surface area contributed by atoms with Crippen molar-refractivity contribution in [3.63, 3.8) is 0 Å². The second kappa shape index (κ2) is 7.91. The number of aromatic nitrogens is 4. The molecule has 0 unspecified atom stereocenters. The number of nitrogens with zero attached hydrogens (tertiary/aromatic N) is 4. The van der Waals surface area contributed by atoms with Crippen molar-refractivity contribution >= 4 is 16.8 Å². The normalized spacial score (nSPS) is 18.6. The number of hydrogen-bond acceptors (Lipinski definition) is 4. The van der Waals surface area contributed by atoms with Crippen LogP contribution in [0.2, 0.25) is 0 Å². The number of carbonyl (C=O) groups excluding carboxylic acids is 1. The van der Waals surface area contributed by atoms with Gasteiger partial charge in [-0.3, -0.25) is 14.6 Å². The van der Waals surface area contributed by atoms with E-state index in [0.717, 1.165) is 41.5 Å². The molecule has 158 valence electrons. The van der Waals surface area contributed by atoms with E-state index in [0.29, 0.717) is 17.2 Å². The van der Waals surface area contributed by atoms with Crippen molar-refractivity contribution in [1.29, 1.82) is 0 Å². The van der Waals surface area contributed by atoms with Crippen LogP contribution in [0.25, 0.3) is 22.0 Å². The number of rotatable bonds is 5. The molecule has 4 aromatic rings. The summed E-state index contributed by atoms with van der Waals surface area (Å²) in [5, 5.41) is 12.6. The van der Waals surface area contributed by atoms with E-state index in [4.69, 9.17) is 4.74 Å². The highest BCUT2D eigenvalue weighted by molar-refractivity contribution is 5.95. The maximum Gasteiger partial charge on any atom is 0.254 e. The predicted octanol–water partition coefficient (Wildman–Crippen LogP) is 3.99. The molecular formula is C24H25N5O2. The number of aromatic amines is 1. The minimum absolute atomic E-state index is 0.0592. The van der Waals surface area contributed by atoms with Gasteiger partial charge in [0.1, 0.15) is 5.75 Å². The summed E-state index contributed by atoms with van der Waals surface area (Å²) in [6.07, 6.45) is 6.58. The fourth-order valence-corrected chi connectivity index (χ4v) is 4.55. The number of amides is 1. The number of H-pyrrole nitrogens is 1. The summed E-state index contributed by atoms with van der Waals surface area (Å²) in [6, 6.07) is 13.9. The monoisotopic (exact) mass is 415 g/mol. The number of ether oxygens (including phenoxy) is 1. The van der Waals surface area contributed by atoms with Crippen LogP contribution in [-0.2, 0) is 6.54 Å². The number of methoxy groups -OCH3 is 1. The molecule has 1 aliphatic rings. The lowest BCUT2D eigenvalue weighted by Crippen LogP contribution is -2.34. The van der Waals surface area contributed by atoms with Crippen molar-refractivity contribution in [3.8, 4) is 16.9 Å². The second-order valence-corrected chi connectivity index (χ2v) is 8.23. The van der Waals surface area contributed by atoms with Gasteiger partial charge in [-0.05, 0) is 55.2 Å². The van der Waals surface area contributed by atoms with Crippen molar-refractivity contribution in [1.82, 2.24) is 24.9 Å². The number of fused-ring (bicyclic) bond motifs is 1. The molecular weight excluding hydrogens is 390 g/mol. The first-order chi connectivity index (χ1) is 15.1. The summed E-state index contributed by atoms with van der Waals surface area (Å²) in [5.74, 6) is 1.12. The van der Waals surface area contributed by atoms with Crippen molar-refractivity contribution in [2.24, 2.45) is 5.92 Å². The van der Waals surface area contributed by atoms with Gasteiger partial charge < -0.3 is 9.64 Å². The van der Waals surface area contributed by atoms with E-state index in [2.05, 4.69) is 45.1 Å². The van der Waals surface area contributed by atoms with Gasteiger partial charge in [0, 0.05) is 41.8 Å². The third-order valence-electron chi connectivity index (χ3n) is 6.14. The summed E-state index contributed by atoms with van der Waals surface area (Å²) in [4.78, 5) is 15.1. The molecule has 2 aromatic heterocycles. The Labute approximate surface area is 180 Å². The van der Waals surface area contributed by atoms with Crippen LogP contribution in [0.15, 0.2) is 61.1 Å². The molecule has 0 radical (unpaired) electrons. The lowest BCUT2D eigenvalue weighted by Gasteiger charge is -2.21. The Bertz CT molecular complexity index is 1210. The number of nitrogens with one attached hydrogen (secondary N) is 1. The molecule has 0 saturated carbocycles. The highest BCUT2D eigenvalue weighted by atomic mass is 16.5. The Balaban J connectivity index is 1.32. The van der Waals surface area contributed by atoms with E-state index in [1.165, 1.54) is 0 Å². The number of hydrogen-bond donors (Lipinski definition) is 1. The molecule has 2 atom stereocenters. The molecule has 1 N–H and O–H groups in total. The Morgan fingerprint density at radius 1 is 1.19 bits per heavy atom. The zero-order valence-corrected chi connectivity index (χ0v) is 17.7. The fraction of sp³-hybridized carbons (Fsp3) is 0.292. The summed E-state index contributed by atoms with van der Waals surface area (Å²) in [6.45, 7) is 3.64. The summed E-state index contributed by atoms with van der Waals surface area (Å²) >= 11 is 0. The number of benzene rings is 2. The third-order valence-corrected chi connectivity index (χ3v) is 6.14. The molecule has 7 heteroatoms. The van der Waals surface area contributed by atoms with Crippen molar-refractivity contribution < 1.29 is 9.53 Å². The Morgan fingerprint density at radius 2 is 2.10 bits per heavy atom. The molecule has 1 fully saturated rings. The molecule has 1 amide bonds. The van der Waals surface area contributed by atoms with Gasteiger partial charge in [-0.2, -0.15) is 10.2 Å². The van der Waals surface area contributed by atoms with Crippen molar-refractivity contribution in [2.75, 3.05) is 13.7 Å². The molecule has 5 rings (SSSR count). The highest BCUT2D eigenvalue weighted by Crippen LogP contribution is 2.29. The standard InChI is InChI=1S/C24H25N5O2/c1-16-8-17(14-28(16)24(30)19-4-3-5-22(10-19)31-2)15-29-23-7-6-18(9-20(23)13-27-29)21-11-25-26-12-21/h3-7,9-13,16-17H,8,14-15H2,1-2H3,(H,25,26)/t16-,17+/m0/s1. The van der Waals surface area contributed by atoms with Crippen molar-refractivity contribution in [2.45, 2.75) is 25.9 Å². The first kappa shape index (κ1) is 19.4. The van der Waals surface area contributed by atoms with Gasteiger partial charge in [-0.25, -0.2) is 0 Å². The van der Waals surface area contributed by atoms with E-state index in [1.54, 1.807) is 13.2 Å². The average molecular weight is 415 g/mol. The Hall–Kier alpha value is -3.61. The minimum Gasteiger partial charge on any atom is -0.497 e. The van der Waals surface area contributed by atoms with Crippen LogP contribution >= 0.6 is 0 Å². The Kier molecular flexibility index (Phi) is 4.94. The van der Waals surface area contributed by atoms with Gasteiger partial charge in [0.2, 0.25) is 0 Å². The lowest BCUT2D eigenvalue weighted by atomic mass is 10.1. The fourth-order valence-electron chi connectivity index (χ4n) is 4.55. The summed E-state index contributed by atoms with van der Waals surface area (Å²) in [5.41, 5.74) is 3.96. The van der Waals surface area contributed by atoms with Gasteiger partial charge >= 0.3 is 0 Å². The maximum absolute atomic E-state index is 13.1. The van der Waals surface area contributed by atoms with Gasteiger partial charge in [0.15, 0.2) is 0 Å². The average Bonchev–Trinajstić information content (AvgIpc) is 3.54. The smallest absolute Gasteiger partial charge is 0.254 e. The van der Waals surface area contributed by atoms with Crippen LogP contribution in [0.1, 0.15) is 23.7 Å². The lowest BCUT2D eigenvalue weighted by molar-refractivity contribution is 0.0741. The first-order valence-electron chi connectivity index (χ1n) is 10.5. The van der Waals surface area contributed by atoms with Gasteiger partial charge in [-0.15, -0.1) is 0 Å². The summed E-state index contributed by atoms with van der Waals surface area (Å²) < 4.78 is 7.33. The molecule has 7 nitrogen and oxygen atoms in total. The number of carbonyl (C=O) groups is 1.